The lowest BCUT2D eigenvalue weighted by Crippen LogP contribution is -2.14. The molecule has 104 valence electrons. The summed E-state index contributed by atoms with van der Waals surface area (Å²) in [6.07, 6.45) is 0.995. The van der Waals surface area contributed by atoms with Crippen LogP contribution in [0.15, 0.2) is 42.5 Å². The summed E-state index contributed by atoms with van der Waals surface area (Å²) in [5.41, 5.74) is 4.32. The molecule has 2 rings (SSSR count). The van der Waals surface area contributed by atoms with Crippen molar-refractivity contribution in [2.75, 3.05) is 11.9 Å². The van der Waals surface area contributed by atoms with Gasteiger partial charge in [0.25, 0.3) is 0 Å². The third-order valence-electron chi connectivity index (χ3n) is 3.48. The van der Waals surface area contributed by atoms with Crippen LogP contribution in [0, 0.1) is 6.92 Å². The van der Waals surface area contributed by atoms with E-state index in [4.69, 9.17) is 0 Å². The van der Waals surface area contributed by atoms with Crippen molar-refractivity contribution in [3.63, 3.8) is 0 Å². The lowest BCUT2D eigenvalue weighted by molar-refractivity contribution is 0.0697. The van der Waals surface area contributed by atoms with Crippen LogP contribution in [0.1, 0.15) is 28.4 Å². The fraction of sp³-hybridized carbons (Fsp3) is 0.235. The summed E-state index contributed by atoms with van der Waals surface area (Å²) in [4.78, 5) is 13.3. The van der Waals surface area contributed by atoms with E-state index in [0.29, 0.717) is 11.3 Å². The number of rotatable bonds is 4. The van der Waals surface area contributed by atoms with E-state index in [1.165, 1.54) is 5.56 Å². The maximum atomic E-state index is 11.3. The Morgan fingerprint density at radius 2 is 1.80 bits per heavy atom. The zero-order chi connectivity index (χ0) is 14.7. The molecule has 2 aromatic rings. The van der Waals surface area contributed by atoms with E-state index in [2.05, 4.69) is 19.1 Å². The Morgan fingerprint density at radius 1 is 1.15 bits per heavy atom. The number of carboxylic acids is 1. The van der Waals surface area contributed by atoms with Gasteiger partial charge in [-0.15, -0.1) is 0 Å². The van der Waals surface area contributed by atoms with Crippen LogP contribution in [0.4, 0.5) is 11.4 Å². The number of nitrogens with zero attached hydrogens (tertiary/aromatic N) is 1. The van der Waals surface area contributed by atoms with Crippen molar-refractivity contribution in [1.29, 1.82) is 0 Å². The predicted octanol–water partition coefficient (Wildman–Crippen LogP) is 4.02. The van der Waals surface area contributed by atoms with E-state index < -0.39 is 5.97 Å². The average Bonchev–Trinajstić information content (AvgIpc) is 2.46. The van der Waals surface area contributed by atoms with Crippen LogP contribution < -0.4 is 4.90 Å². The Hall–Kier alpha value is -2.29. The van der Waals surface area contributed by atoms with Crippen molar-refractivity contribution in [2.24, 2.45) is 0 Å². The zero-order valence-electron chi connectivity index (χ0n) is 12.1. The second kappa shape index (κ2) is 5.78. The molecule has 1 N–H and O–H groups in total. The molecule has 0 spiro atoms. The highest BCUT2D eigenvalue weighted by molar-refractivity contribution is 5.95. The summed E-state index contributed by atoms with van der Waals surface area (Å²) in [5, 5.41) is 9.31. The molecule has 0 saturated carbocycles. The molecule has 3 nitrogen and oxygen atoms in total. The van der Waals surface area contributed by atoms with Crippen LogP contribution in [-0.2, 0) is 6.42 Å². The third-order valence-corrected chi connectivity index (χ3v) is 3.48. The van der Waals surface area contributed by atoms with Crippen LogP contribution in [-0.4, -0.2) is 18.1 Å². The van der Waals surface area contributed by atoms with E-state index in [1.807, 2.05) is 43.1 Å². The highest BCUT2D eigenvalue weighted by Gasteiger charge is 2.14. The molecule has 0 radical (unpaired) electrons. The minimum Gasteiger partial charge on any atom is -0.478 e. The van der Waals surface area contributed by atoms with Gasteiger partial charge in [-0.2, -0.15) is 0 Å². The quantitative estimate of drug-likeness (QED) is 0.911. The lowest BCUT2D eigenvalue weighted by Gasteiger charge is -2.22. The molecule has 0 saturated heterocycles. The molecule has 0 bridgehead atoms. The van der Waals surface area contributed by atoms with Gasteiger partial charge in [-0.25, -0.2) is 4.79 Å². The van der Waals surface area contributed by atoms with Crippen molar-refractivity contribution < 1.29 is 9.90 Å². The topological polar surface area (TPSA) is 40.5 Å². The van der Waals surface area contributed by atoms with Gasteiger partial charge in [-0.05, 0) is 48.7 Å². The summed E-state index contributed by atoms with van der Waals surface area (Å²) in [5.74, 6) is -0.906. The summed E-state index contributed by atoms with van der Waals surface area (Å²) in [7, 11) is 1.89. The van der Waals surface area contributed by atoms with Crippen LogP contribution in [0.5, 0.6) is 0 Å². The minimum absolute atomic E-state index is 0.317. The largest absolute Gasteiger partial charge is 0.478 e. The molecule has 0 aliphatic carbocycles. The molecule has 0 fully saturated rings. The maximum absolute atomic E-state index is 11.3. The van der Waals surface area contributed by atoms with Gasteiger partial charge in [0.1, 0.15) is 0 Å². The van der Waals surface area contributed by atoms with Gasteiger partial charge in [0.05, 0.1) is 11.3 Å². The normalized spacial score (nSPS) is 10.3. The van der Waals surface area contributed by atoms with E-state index in [-0.39, 0.29) is 0 Å². The van der Waals surface area contributed by atoms with Crippen LogP contribution >= 0.6 is 0 Å². The molecule has 2 aromatic carbocycles. The summed E-state index contributed by atoms with van der Waals surface area (Å²) in [6.45, 7) is 4.07. The number of benzene rings is 2. The van der Waals surface area contributed by atoms with Crippen LogP contribution in [0.3, 0.4) is 0 Å². The second-order valence-corrected chi connectivity index (χ2v) is 4.90. The number of aryl methyl sites for hydroxylation is 2. The lowest BCUT2D eigenvalue weighted by atomic mass is 10.1. The van der Waals surface area contributed by atoms with E-state index in [1.54, 1.807) is 6.07 Å². The van der Waals surface area contributed by atoms with Gasteiger partial charge in [0, 0.05) is 12.7 Å². The first-order chi connectivity index (χ1) is 9.52. The number of hydrogen-bond donors (Lipinski definition) is 1. The minimum atomic E-state index is -0.906. The van der Waals surface area contributed by atoms with Crippen molar-refractivity contribution in [2.45, 2.75) is 20.3 Å². The smallest absolute Gasteiger partial charge is 0.337 e. The second-order valence-electron chi connectivity index (χ2n) is 4.90. The number of hydrogen-bond acceptors (Lipinski definition) is 2. The van der Waals surface area contributed by atoms with Gasteiger partial charge < -0.3 is 10.0 Å². The molecule has 0 amide bonds. The molecule has 0 aliphatic heterocycles. The van der Waals surface area contributed by atoms with Crippen molar-refractivity contribution in [1.82, 2.24) is 0 Å². The highest BCUT2D eigenvalue weighted by Crippen LogP contribution is 2.28. The molecule has 0 unspecified atom stereocenters. The average molecular weight is 269 g/mol. The van der Waals surface area contributed by atoms with Crippen LogP contribution in [0.25, 0.3) is 0 Å². The standard InChI is InChI=1S/C17H19NO2/c1-4-13-6-8-14(9-7-13)18(3)16-11-12(2)5-10-15(16)17(19)20/h5-11H,4H2,1-3H3,(H,19,20). The SMILES string of the molecule is CCc1ccc(N(C)c2cc(C)ccc2C(=O)O)cc1. The highest BCUT2D eigenvalue weighted by atomic mass is 16.4. The fourth-order valence-corrected chi connectivity index (χ4v) is 2.19. The molecule has 0 aromatic heterocycles. The van der Waals surface area contributed by atoms with E-state index in [0.717, 1.165) is 17.7 Å². The molecule has 20 heavy (non-hydrogen) atoms. The van der Waals surface area contributed by atoms with Gasteiger partial charge in [-0.1, -0.05) is 25.1 Å². The first kappa shape index (κ1) is 14.1. The van der Waals surface area contributed by atoms with Gasteiger partial charge >= 0.3 is 5.97 Å². The Bertz CT molecular complexity index is 617. The number of carboxylic acid groups (broad SMARTS) is 1. The number of carbonyl (C=O) groups is 1. The third kappa shape index (κ3) is 2.82. The summed E-state index contributed by atoms with van der Waals surface area (Å²) < 4.78 is 0. The fourth-order valence-electron chi connectivity index (χ4n) is 2.19. The maximum Gasteiger partial charge on any atom is 0.337 e. The van der Waals surface area contributed by atoms with E-state index >= 15 is 0 Å². The van der Waals surface area contributed by atoms with E-state index in [9.17, 15) is 9.90 Å². The Kier molecular flexibility index (Phi) is 4.08. The van der Waals surface area contributed by atoms with Gasteiger partial charge in [-0.3, -0.25) is 0 Å². The molecular formula is C17H19NO2. The molecule has 0 atom stereocenters. The molecule has 0 heterocycles. The van der Waals surface area contributed by atoms with Gasteiger partial charge in [0.2, 0.25) is 0 Å². The molecule has 0 aliphatic rings. The van der Waals surface area contributed by atoms with Gasteiger partial charge in [0.15, 0.2) is 0 Å². The van der Waals surface area contributed by atoms with Crippen molar-refractivity contribution >= 4 is 17.3 Å². The Morgan fingerprint density at radius 3 is 2.35 bits per heavy atom. The van der Waals surface area contributed by atoms with Crippen molar-refractivity contribution in [3.8, 4) is 0 Å². The summed E-state index contributed by atoms with van der Waals surface area (Å²) in [6, 6.07) is 13.6. The first-order valence-corrected chi connectivity index (χ1v) is 6.69. The number of aromatic carboxylic acids is 1. The summed E-state index contributed by atoms with van der Waals surface area (Å²) >= 11 is 0. The molecular weight excluding hydrogens is 250 g/mol. The zero-order valence-corrected chi connectivity index (χ0v) is 12.1. The Balaban J connectivity index is 2.43. The van der Waals surface area contributed by atoms with Crippen molar-refractivity contribution in [3.05, 3.63) is 59.2 Å². The monoisotopic (exact) mass is 269 g/mol. The Labute approximate surface area is 119 Å². The van der Waals surface area contributed by atoms with Crippen LogP contribution in [0.2, 0.25) is 0 Å². The predicted molar refractivity (Wildman–Crippen MR) is 82.0 cm³/mol. The number of anilines is 2. The first-order valence-electron chi connectivity index (χ1n) is 6.69. The molecule has 3 heteroatoms.